The molecular formula is C19H22ClN3O4S. The molecule has 3 N–H and O–H groups in total. The Labute approximate surface area is 169 Å². The maximum Gasteiger partial charge on any atom is 0.340 e. The van der Waals surface area contributed by atoms with Gasteiger partial charge in [-0.25, -0.2) is 0 Å². The standard InChI is InChI=1S/C19H22ClN3O4S/c20-17-8-1-2-9-18(17)28(24,25)27-16-7-3-6-15(11-16)26-13-14-5-4-10-23(12-14)19(21)22/h1-3,6-9,11,14H,4-5,10,12-13H2,(H3,21,22). The summed E-state index contributed by atoms with van der Waals surface area (Å²) in [6.07, 6.45) is 1.94. The molecule has 0 saturated carbocycles. The van der Waals surface area contributed by atoms with Crippen LogP contribution in [0.5, 0.6) is 11.5 Å². The number of halogens is 1. The van der Waals surface area contributed by atoms with Crippen molar-refractivity contribution in [3.63, 3.8) is 0 Å². The second-order valence-electron chi connectivity index (χ2n) is 6.59. The van der Waals surface area contributed by atoms with E-state index in [4.69, 9.17) is 31.7 Å². The molecular weight excluding hydrogens is 402 g/mol. The number of ether oxygens (including phenoxy) is 1. The van der Waals surface area contributed by atoms with Gasteiger partial charge in [0, 0.05) is 25.1 Å². The van der Waals surface area contributed by atoms with Gasteiger partial charge < -0.3 is 19.6 Å². The van der Waals surface area contributed by atoms with Gasteiger partial charge in [-0.1, -0.05) is 29.8 Å². The van der Waals surface area contributed by atoms with E-state index < -0.39 is 10.1 Å². The Morgan fingerprint density at radius 3 is 2.71 bits per heavy atom. The molecule has 0 radical (unpaired) electrons. The van der Waals surface area contributed by atoms with Crippen molar-refractivity contribution in [1.29, 1.82) is 5.41 Å². The van der Waals surface area contributed by atoms with Gasteiger partial charge in [-0.15, -0.1) is 0 Å². The lowest BCUT2D eigenvalue weighted by Gasteiger charge is -2.32. The Bertz CT molecular complexity index is 952. The van der Waals surface area contributed by atoms with Crippen molar-refractivity contribution in [3.8, 4) is 11.5 Å². The molecule has 0 aliphatic carbocycles. The smallest absolute Gasteiger partial charge is 0.340 e. The summed E-state index contributed by atoms with van der Waals surface area (Å²) in [5, 5.41) is 7.65. The van der Waals surface area contributed by atoms with E-state index in [1.807, 2.05) is 4.90 Å². The van der Waals surface area contributed by atoms with Gasteiger partial charge in [-0.2, -0.15) is 8.42 Å². The maximum atomic E-state index is 12.5. The molecule has 1 unspecified atom stereocenters. The highest BCUT2D eigenvalue weighted by Gasteiger charge is 2.22. The number of hydrogen-bond donors (Lipinski definition) is 2. The van der Waals surface area contributed by atoms with E-state index >= 15 is 0 Å². The average molecular weight is 424 g/mol. The number of guanidine groups is 1. The molecule has 9 heteroatoms. The van der Waals surface area contributed by atoms with E-state index in [9.17, 15) is 8.42 Å². The third kappa shape index (κ3) is 5.08. The van der Waals surface area contributed by atoms with Gasteiger partial charge in [-0.3, -0.25) is 5.41 Å². The fraction of sp³-hybridized carbons (Fsp3) is 0.316. The lowest BCUT2D eigenvalue weighted by atomic mass is 9.99. The first kappa shape index (κ1) is 20.3. The zero-order valence-corrected chi connectivity index (χ0v) is 16.7. The minimum atomic E-state index is -4.04. The van der Waals surface area contributed by atoms with E-state index in [2.05, 4.69) is 0 Å². The fourth-order valence-corrected chi connectivity index (χ4v) is 4.49. The quantitative estimate of drug-likeness (QED) is 0.420. The number of hydrogen-bond acceptors (Lipinski definition) is 5. The summed E-state index contributed by atoms with van der Waals surface area (Å²) in [5.41, 5.74) is 5.56. The number of nitrogens with zero attached hydrogens (tertiary/aromatic N) is 1. The average Bonchev–Trinajstić information content (AvgIpc) is 2.67. The summed E-state index contributed by atoms with van der Waals surface area (Å²) in [6, 6.07) is 12.6. The zero-order chi connectivity index (χ0) is 20.1. The van der Waals surface area contributed by atoms with Crippen LogP contribution in [0.2, 0.25) is 5.02 Å². The van der Waals surface area contributed by atoms with Gasteiger partial charge in [0.2, 0.25) is 0 Å². The van der Waals surface area contributed by atoms with Crippen LogP contribution in [0.1, 0.15) is 12.8 Å². The molecule has 1 heterocycles. The highest BCUT2D eigenvalue weighted by atomic mass is 35.5. The van der Waals surface area contributed by atoms with E-state index in [0.717, 1.165) is 19.4 Å². The fourth-order valence-electron chi connectivity index (χ4n) is 3.07. The predicted octanol–water partition coefficient (Wildman–Crippen LogP) is 3.09. The van der Waals surface area contributed by atoms with Crippen LogP contribution in [0, 0.1) is 11.3 Å². The van der Waals surface area contributed by atoms with Crippen molar-refractivity contribution in [3.05, 3.63) is 53.6 Å². The van der Waals surface area contributed by atoms with Crippen LogP contribution in [0.3, 0.4) is 0 Å². The summed E-state index contributed by atoms with van der Waals surface area (Å²) in [6.45, 7) is 1.91. The van der Waals surface area contributed by atoms with Crippen LogP contribution >= 0.6 is 11.6 Å². The lowest BCUT2D eigenvalue weighted by molar-refractivity contribution is 0.173. The van der Waals surface area contributed by atoms with Gasteiger partial charge in [0.1, 0.15) is 16.4 Å². The van der Waals surface area contributed by atoms with Crippen LogP contribution in [0.25, 0.3) is 0 Å². The molecule has 1 aliphatic rings. The molecule has 3 rings (SSSR count). The third-order valence-electron chi connectivity index (χ3n) is 4.46. The van der Waals surface area contributed by atoms with Gasteiger partial charge in [0.25, 0.3) is 0 Å². The highest BCUT2D eigenvalue weighted by Crippen LogP contribution is 2.27. The molecule has 1 fully saturated rings. The van der Waals surface area contributed by atoms with Crippen LogP contribution in [-0.2, 0) is 10.1 Å². The van der Waals surface area contributed by atoms with Crippen molar-refractivity contribution in [2.75, 3.05) is 19.7 Å². The molecule has 0 aromatic heterocycles. The number of benzene rings is 2. The van der Waals surface area contributed by atoms with Gasteiger partial charge in [-0.05, 0) is 37.1 Å². The van der Waals surface area contributed by atoms with Gasteiger partial charge in [0.15, 0.2) is 5.96 Å². The van der Waals surface area contributed by atoms with E-state index in [1.165, 1.54) is 18.2 Å². The summed E-state index contributed by atoms with van der Waals surface area (Å²) in [4.78, 5) is 1.74. The summed E-state index contributed by atoms with van der Waals surface area (Å²) >= 11 is 5.96. The van der Waals surface area contributed by atoms with Gasteiger partial charge >= 0.3 is 10.1 Å². The van der Waals surface area contributed by atoms with Crippen molar-refractivity contribution >= 4 is 27.7 Å². The zero-order valence-electron chi connectivity index (χ0n) is 15.2. The Kier molecular flexibility index (Phi) is 6.31. The second-order valence-corrected chi connectivity index (χ2v) is 8.52. The minimum Gasteiger partial charge on any atom is -0.493 e. The normalized spacial score (nSPS) is 17.2. The number of likely N-dealkylation sites (tertiary alicyclic amines) is 1. The van der Waals surface area contributed by atoms with E-state index in [1.54, 1.807) is 30.3 Å². The molecule has 2 aromatic rings. The lowest BCUT2D eigenvalue weighted by Crippen LogP contribution is -2.44. The largest absolute Gasteiger partial charge is 0.493 e. The molecule has 1 atom stereocenters. The Balaban J connectivity index is 1.64. The van der Waals surface area contributed by atoms with E-state index in [0.29, 0.717) is 18.9 Å². The van der Waals surface area contributed by atoms with Crippen LogP contribution < -0.4 is 14.7 Å². The summed E-state index contributed by atoms with van der Waals surface area (Å²) < 4.78 is 35.9. The molecule has 7 nitrogen and oxygen atoms in total. The molecule has 28 heavy (non-hydrogen) atoms. The SMILES string of the molecule is N=C(N)N1CCCC(COc2cccc(OS(=O)(=O)c3ccccc3Cl)c2)C1. The maximum absolute atomic E-state index is 12.5. The number of nitrogens with one attached hydrogen (secondary N) is 1. The highest BCUT2D eigenvalue weighted by molar-refractivity contribution is 7.87. The Morgan fingerprint density at radius 2 is 1.96 bits per heavy atom. The van der Waals surface area contributed by atoms with Crippen molar-refractivity contribution in [1.82, 2.24) is 4.90 Å². The molecule has 1 saturated heterocycles. The predicted molar refractivity (Wildman–Crippen MR) is 107 cm³/mol. The third-order valence-corrected chi connectivity index (χ3v) is 6.21. The second kappa shape index (κ2) is 8.70. The molecule has 0 bridgehead atoms. The first-order valence-electron chi connectivity index (χ1n) is 8.86. The first-order valence-corrected chi connectivity index (χ1v) is 10.6. The van der Waals surface area contributed by atoms with Crippen LogP contribution in [0.15, 0.2) is 53.4 Å². The summed E-state index contributed by atoms with van der Waals surface area (Å²) in [7, 11) is -4.04. The van der Waals surface area contributed by atoms with E-state index in [-0.39, 0.29) is 27.5 Å². The number of nitrogens with two attached hydrogens (primary N) is 1. The number of piperidine rings is 1. The minimum absolute atomic E-state index is 0.0740. The topological polar surface area (TPSA) is 106 Å². The van der Waals surface area contributed by atoms with Crippen molar-refractivity contribution in [2.24, 2.45) is 11.7 Å². The first-order chi connectivity index (χ1) is 13.3. The summed E-state index contributed by atoms with van der Waals surface area (Å²) in [5.74, 6) is 0.970. The van der Waals surface area contributed by atoms with Crippen molar-refractivity contribution < 1.29 is 17.3 Å². The van der Waals surface area contributed by atoms with Crippen molar-refractivity contribution in [2.45, 2.75) is 17.7 Å². The molecule has 150 valence electrons. The Hall–Kier alpha value is -2.45. The molecule has 0 spiro atoms. The van der Waals surface area contributed by atoms with Crippen LogP contribution in [-0.4, -0.2) is 39.0 Å². The Morgan fingerprint density at radius 1 is 1.21 bits per heavy atom. The monoisotopic (exact) mass is 423 g/mol. The number of rotatable bonds is 6. The molecule has 1 aliphatic heterocycles. The molecule has 2 aromatic carbocycles. The van der Waals surface area contributed by atoms with Gasteiger partial charge in [0.05, 0.1) is 11.6 Å². The van der Waals surface area contributed by atoms with Crippen LogP contribution in [0.4, 0.5) is 0 Å². The molecule has 0 amide bonds.